The average Bonchev–Trinajstić information content (AvgIpc) is 2.87. The molecular weight excluding hydrogens is 506 g/mol. The second-order valence-electron chi connectivity index (χ2n) is 3.99. The number of halogens is 2. The fourth-order valence-electron chi connectivity index (χ4n) is 2.26. The predicted molar refractivity (Wildman–Crippen MR) is 59.0 cm³/mol. The maximum absolute atomic E-state index is 2.38. The average molecular weight is 518 g/mol. The van der Waals surface area contributed by atoms with Gasteiger partial charge in [-0.15, -0.1) is 0 Å². The van der Waals surface area contributed by atoms with Crippen molar-refractivity contribution in [2.75, 3.05) is 0 Å². The van der Waals surface area contributed by atoms with E-state index in [0.717, 1.165) is 6.42 Å². The molecule has 3 rings (SSSR count). The third kappa shape index (κ3) is 2.82. The molecule has 0 saturated carbocycles. The monoisotopic (exact) mass is 517 g/mol. The first-order valence-electron chi connectivity index (χ1n) is 5.24. The Kier molecular flexibility index (Phi) is 5.81. The van der Waals surface area contributed by atoms with E-state index in [4.69, 9.17) is 0 Å². The van der Waals surface area contributed by atoms with E-state index in [2.05, 4.69) is 48.6 Å². The predicted octanol–water partition coefficient (Wildman–Crippen LogP) is -2.43. The number of hydrogen-bond acceptors (Lipinski definition) is 0. The Labute approximate surface area is 138 Å². The van der Waals surface area contributed by atoms with Gasteiger partial charge in [-0.2, -0.15) is 0 Å². The molecule has 1 atom stereocenters. The van der Waals surface area contributed by atoms with Crippen LogP contribution < -0.4 is 34.0 Å². The van der Waals surface area contributed by atoms with Crippen LogP contribution in [0.5, 0.6) is 0 Å². The first kappa shape index (κ1) is 15.3. The second kappa shape index (κ2) is 6.44. The van der Waals surface area contributed by atoms with Crippen molar-refractivity contribution in [2.24, 2.45) is 0 Å². The third-order valence-electron chi connectivity index (χ3n) is 3.07. The standard InChI is InChI=1S/C14H11.2BrH.Hf/c1-2-6-11(5-1)14-9-12-7-3-4-8-13(12)10-14;;;/h1-5,7-10H,6H2;2*1H;/q;;;+2/p-2. The molecule has 0 amide bonds. The summed E-state index contributed by atoms with van der Waals surface area (Å²) in [5.74, 6) is 0. The van der Waals surface area contributed by atoms with Gasteiger partial charge in [0.05, 0.1) is 0 Å². The van der Waals surface area contributed by atoms with Crippen molar-refractivity contribution in [1.82, 2.24) is 0 Å². The number of allylic oxidation sites excluding steroid dienone is 5. The molecule has 17 heavy (non-hydrogen) atoms. The van der Waals surface area contributed by atoms with Gasteiger partial charge in [-0.25, -0.2) is 0 Å². The summed E-state index contributed by atoms with van der Waals surface area (Å²) in [7, 11) is 0. The van der Waals surface area contributed by atoms with Crippen LogP contribution in [0.15, 0.2) is 53.6 Å². The fourth-order valence-corrected chi connectivity index (χ4v) is 4.17. The molecule has 2 aliphatic carbocycles. The van der Waals surface area contributed by atoms with Gasteiger partial charge < -0.3 is 34.0 Å². The zero-order valence-corrected chi connectivity index (χ0v) is 15.9. The number of rotatable bonds is 1. The fraction of sp³-hybridized carbons (Fsp3) is 0.143. The zero-order valence-electron chi connectivity index (χ0n) is 9.16. The molecule has 85 valence electrons. The van der Waals surface area contributed by atoms with Gasteiger partial charge in [0.1, 0.15) is 0 Å². The molecule has 0 nitrogen and oxygen atoms in total. The van der Waals surface area contributed by atoms with E-state index in [9.17, 15) is 0 Å². The van der Waals surface area contributed by atoms with Crippen molar-refractivity contribution in [3.05, 3.63) is 64.8 Å². The molecule has 1 unspecified atom stereocenters. The van der Waals surface area contributed by atoms with E-state index in [-0.39, 0.29) is 34.0 Å². The van der Waals surface area contributed by atoms with Gasteiger partial charge in [-0.3, -0.25) is 0 Å². The first-order chi connectivity index (χ1) is 7.36. The molecule has 2 aliphatic rings. The molecule has 0 N–H and O–H groups in total. The van der Waals surface area contributed by atoms with Gasteiger partial charge in [0.25, 0.3) is 0 Å². The van der Waals surface area contributed by atoms with Crippen molar-refractivity contribution in [1.29, 1.82) is 0 Å². The topological polar surface area (TPSA) is 0 Å². The van der Waals surface area contributed by atoms with Crippen LogP contribution in [0.1, 0.15) is 21.2 Å². The van der Waals surface area contributed by atoms with Gasteiger partial charge in [0, 0.05) is 0 Å². The van der Waals surface area contributed by atoms with Gasteiger partial charge in [-0.1, -0.05) is 0 Å². The van der Waals surface area contributed by atoms with E-state index in [1.165, 1.54) is 41.1 Å². The molecule has 0 bridgehead atoms. The number of benzene rings is 1. The van der Waals surface area contributed by atoms with Crippen molar-refractivity contribution >= 4 is 6.08 Å². The molecule has 0 fully saturated rings. The van der Waals surface area contributed by atoms with Crippen LogP contribution in [0.4, 0.5) is 0 Å². The molecule has 0 spiro atoms. The Hall–Kier alpha value is 0.270. The minimum absolute atomic E-state index is 0. The quantitative estimate of drug-likeness (QED) is 0.364. The van der Waals surface area contributed by atoms with Crippen molar-refractivity contribution in [2.45, 2.75) is 10.1 Å². The van der Waals surface area contributed by atoms with Crippen LogP contribution in [0.3, 0.4) is 0 Å². The maximum atomic E-state index is 2.38. The summed E-state index contributed by atoms with van der Waals surface area (Å²) >= 11 is 1.21. The summed E-state index contributed by atoms with van der Waals surface area (Å²) in [6, 6.07) is 8.80. The SMILES string of the molecule is [Br-].[Br-].[Hf+2][CH]1C(C2=CC=CC2)=Cc2ccccc21. The Bertz CT molecular complexity index is 501. The van der Waals surface area contributed by atoms with Crippen LogP contribution in [0.25, 0.3) is 6.08 Å². The Morgan fingerprint density at radius 2 is 1.88 bits per heavy atom. The van der Waals surface area contributed by atoms with E-state index < -0.39 is 0 Å². The molecular formula is C14H11Br2Hf. The summed E-state index contributed by atoms with van der Waals surface area (Å²) < 4.78 is 0.701. The van der Waals surface area contributed by atoms with Crippen LogP contribution in [-0.2, 0) is 24.4 Å². The molecule has 0 heterocycles. The molecule has 0 radical (unpaired) electrons. The zero-order chi connectivity index (χ0) is 10.3. The van der Waals surface area contributed by atoms with Crippen molar-refractivity contribution in [3.63, 3.8) is 0 Å². The molecule has 0 aliphatic heterocycles. The molecule has 0 aromatic heterocycles. The van der Waals surface area contributed by atoms with E-state index in [1.807, 2.05) is 0 Å². The second-order valence-corrected chi connectivity index (χ2v) is 6.06. The number of hydrogen-bond donors (Lipinski definition) is 0. The van der Waals surface area contributed by atoms with Gasteiger partial charge >= 0.3 is 105 Å². The molecule has 3 heteroatoms. The van der Waals surface area contributed by atoms with Crippen LogP contribution in [0.2, 0.25) is 0 Å². The number of fused-ring (bicyclic) bond motifs is 1. The summed E-state index contributed by atoms with van der Waals surface area (Å²) in [4.78, 5) is 0. The minimum atomic E-state index is 0. The van der Waals surface area contributed by atoms with Gasteiger partial charge in [-0.05, 0) is 0 Å². The third-order valence-corrected chi connectivity index (χ3v) is 5.31. The first-order valence-corrected chi connectivity index (χ1v) is 7.31. The summed E-state index contributed by atoms with van der Waals surface area (Å²) in [6.45, 7) is 0. The van der Waals surface area contributed by atoms with Crippen LogP contribution in [0, 0.1) is 0 Å². The van der Waals surface area contributed by atoms with E-state index in [0.29, 0.717) is 3.67 Å². The Morgan fingerprint density at radius 3 is 2.53 bits per heavy atom. The summed E-state index contributed by atoms with van der Waals surface area (Å²) in [6.07, 6.45) is 10.2. The summed E-state index contributed by atoms with van der Waals surface area (Å²) in [5, 5.41) is 0. The Morgan fingerprint density at radius 1 is 1.12 bits per heavy atom. The van der Waals surface area contributed by atoms with Crippen molar-refractivity contribution in [3.8, 4) is 0 Å². The van der Waals surface area contributed by atoms with E-state index >= 15 is 0 Å². The Balaban J connectivity index is 0.000000722. The van der Waals surface area contributed by atoms with Crippen LogP contribution in [-0.4, -0.2) is 0 Å². The van der Waals surface area contributed by atoms with Crippen LogP contribution >= 0.6 is 0 Å². The molecule has 1 aromatic carbocycles. The molecule has 0 saturated heterocycles. The summed E-state index contributed by atoms with van der Waals surface area (Å²) in [5.41, 5.74) is 6.05. The van der Waals surface area contributed by atoms with Gasteiger partial charge in [0.2, 0.25) is 0 Å². The normalized spacial score (nSPS) is 20.0. The van der Waals surface area contributed by atoms with E-state index in [1.54, 1.807) is 5.57 Å². The van der Waals surface area contributed by atoms with Crippen molar-refractivity contribution < 1.29 is 58.3 Å². The molecule has 1 aromatic rings. The van der Waals surface area contributed by atoms with Gasteiger partial charge in [0.15, 0.2) is 0 Å².